The van der Waals surface area contributed by atoms with Crippen LogP contribution in [0.1, 0.15) is 50.5 Å². The van der Waals surface area contributed by atoms with Gasteiger partial charge in [-0.1, -0.05) is 36.8 Å². The molecule has 4 atom stereocenters. The van der Waals surface area contributed by atoms with E-state index in [1.54, 1.807) is 0 Å². The van der Waals surface area contributed by atoms with E-state index in [9.17, 15) is 4.79 Å². The van der Waals surface area contributed by atoms with Gasteiger partial charge in [0.1, 0.15) is 0 Å². The molecule has 1 aromatic carbocycles. The highest BCUT2D eigenvalue weighted by atomic mass is 16.2. The first kappa shape index (κ1) is 17.7. The average Bonchev–Trinajstić information content (AvgIpc) is 2.67. The molecule has 0 aromatic heterocycles. The lowest BCUT2D eigenvalue weighted by Crippen LogP contribution is -2.66. The summed E-state index contributed by atoms with van der Waals surface area (Å²) in [4.78, 5) is 18.0. The van der Waals surface area contributed by atoms with Gasteiger partial charge in [0.05, 0.1) is 5.54 Å². The number of rotatable bonds is 3. The van der Waals surface area contributed by atoms with Gasteiger partial charge in [0.25, 0.3) is 0 Å². The van der Waals surface area contributed by atoms with E-state index in [2.05, 4.69) is 40.1 Å². The standard InChI is InChI=1S/C23H33N3O/c24-23(10-5-11-23)22(27)25-14-18-12-19(16-25)21-9-4-8-20(26(21)15-18)13-17-6-2-1-3-7-17/h1-3,6-7,18-21H,4-5,8-16,24H2/t18-,19+,20+,21-/m0/s1. The molecule has 27 heavy (non-hydrogen) atoms. The van der Waals surface area contributed by atoms with Gasteiger partial charge in [0, 0.05) is 31.7 Å². The number of carbonyl (C=O) groups excluding carboxylic acids is 1. The maximum absolute atomic E-state index is 13.0. The number of fused-ring (bicyclic) bond motifs is 4. The Bertz CT molecular complexity index is 686. The second-order valence-electron chi connectivity index (χ2n) is 9.62. The van der Waals surface area contributed by atoms with Crippen molar-refractivity contribution in [2.24, 2.45) is 17.6 Å². The number of nitrogens with zero attached hydrogens (tertiary/aromatic N) is 2. The molecule has 0 spiro atoms. The second kappa shape index (κ2) is 6.89. The number of carbonyl (C=O) groups is 1. The van der Waals surface area contributed by atoms with E-state index in [0.29, 0.717) is 23.9 Å². The molecule has 2 N–H and O–H groups in total. The van der Waals surface area contributed by atoms with Crippen molar-refractivity contribution in [2.45, 2.75) is 69.0 Å². The highest BCUT2D eigenvalue weighted by molar-refractivity contribution is 5.87. The van der Waals surface area contributed by atoms with Gasteiger partial charge in [-0.15, -0.1) is 0 Å². The van der Waals surface area contributed by atoms with Crippen molar-refractivity contribution in [1.82, 2.24) is 9.80 Å². The Morgan fingerprint density at radius 3 is 2.63 bits per heavy atom. The summed E-state index contributed by atoms with van der Waals surface area (Å²) >= 11 is 0. The minimum atomic E-state index is -0.534. The molecule has 4 fully saturated rings. The lowest BCUT2D eigenvalue weighted by atomic mass is 9.72. The summed E-state index contributed by atoms with van der Waals surface area (Å²) in [5, 5.41) is 0. The maximum atomic E-state index is 13.0. The summed E-state index contributed by atoms with van der Waals surface area (Å²) in [5.74, 6) is 1.52. The zero-order valence-electron chi connectivity index (χ0n) is 16.4. The molecule has 5 rings (SSSR count). The number of benzene rings is 1. The second-order valence-corrected chi connectivity index (χ2v) is 9.62. The minimum Gasteiger partial charge on any atom is -0.340 e. The van der Waals surface area contributed by atoms with Crippen molar-refractivity contribution in [3.05, 3.63) is 35.9 Å². The monoisotopic (exact) mass is 367 g/mol. The number of nitrogens with two attached hydrogens (primary N) is 1. The van der Waals surface area contributed by atoms with Gasteiger partial charge in [-0.3, -0.25) is 9.69 Å². The third-order valence-corrected chi connectivity index (χ3v) is 7.79. The van der Waals surface area contributed by atoms with Crippen molar-refractivity contribution in [3.63, 3.8) is 0 Å². The van der Waals surface area contributed by atoms with E-state index in [-0.39, 0.29) is 5.91 Å². The molecule has 3 aliphatic heterocycles. The molecule has 1 amide bonds. The minimum absolute atomic E-state index is 0.244. The predicted molar refractivity (Wildman–Crippen MR) is 107 cm³/mol. The summed E-state index contributed by atoms with van der Waals surface area (Å²) in [6.07, 6.45) is 9.30. The Labute approximate surface area is 163 Å². The number of hydrogen-bond donors (Lipinski definition) is 1. The Kier molecular flexibility index (Phi) is 4.52. The fraction of sp³-hybridized carbons (Fsp3) is 0.696. The summed E-state index contributed by atoms with van der Waals surface area (Å²) < 4.78 is 0. The van der Waals surface area contributed by atoms with Crippen LogP contribution in [0, 0.1) is 11.8 Å². The average molecular weight is 368 g/mol. The maximum Gasteiger partial charge on any atom is 0.242 e. The van der Waals surface area contributed by atoms with E-state index in [4.69, 9.17) is 5.73 Å². The van der Waals surface area contributed by atoms with E-state index in [1.807, 2.05) is 0 Å². The molecule has 1 aromatic rings. The number of piperidine rings is 3. The van der Waals surface area contributed by atoms with Gasteiger partial charge in [0.2, 0.25) is 5.91 Å². The molecule has 3 heterocycles. The van der Waals surface area contributed by atoms with Gasteiger partial charge in [-0.05, 0) is 62.3 Å². The van der Waals surface area contributed by atoms with Crippen LogP contribution in [-0.4, -0.2) is 53.0 Å². The Balaban J connectivity index is 1.30. The summed E-state index contributed by atoms with van der Waals surface area (Å²) in [6, 6.07) is 12.3. The highest BCUT2D eigenvalue weighted by Gasteiger charge is 2.49. The van der Waals surface area contributed by atoms with Gasteiger partial charge < -0.3 is 10.6 Å². The largest absolute Gasteiger partial charge is 0.340 e. The van der Waals surface area contributed by atoms with Gasteiger partial charge in [-0.2, -0.15) is 0 Å². The van der Waals surface area contributed by atoms with E-state index in [0.717, 1.165) is 32.4 Å². The van der Waals surface area contributed by atoms with Crippen LogP contribution in [0.3, 0.4) is 0 Å². The number of amides is 1. The molecule has 0 radical (unpaired) electrons. The third-order valence-electron chi connectivity index (χ3n) is 7.79. The summed E-state index contributed by atoms with van der Waals surface area (Å²) in [5.41, 5.74) is 7.30. The van der Waals surface area contributed by atoms with Crippen LogP contribution in [0.2, 0.25) is 0 Å². The Morgan fingerprint density at radius 2 is 1.89 bits per heavy atom. The van der Waals surface area contributed by atoms with Crippen molar-refractivity contribution in [3.8, 4) is 0 Å². The van der Waals surface area contributed by atoms with Gasteiger partial charge in [-0.25, -0.2) is 0 Å². The topological polar surface area (TPSA) is 49.6 Å². The summed E-state index contributed by atoms with van der Waals surface area (Å²) in [7, 11) is 0. The molecule has 4 heteroatoms. The molecule has 2 bridgehead atoms. The van der Waals surface area contributed by atoms with Crippen LogP contribution in [0.15, 0.2) is 30.3 Å². The smallest absolute Gasteiger partial charge is 0.242 e. The highest BCUT2D eigenvalue weighted by Crippen LogP contribution is 2.41. The van der Waals surface area contributed by atoms with Crippen LogP contribution >= 0.6 is 0 Å². The predicted octanol–water partition coefficient (Wildman–Crippen LogP) is 2.81. The van der Waals surface area contributed by atoms with Crippen LogP contribution in [-0.2, 0) is 11.2 Å². The van der Waals surface area contributed by atoms with Gasteiger partial charge >= 0.3 is 0 Å². The zero-order valence-corrected chi connectivity index (χ0v) is 16.4. The van der Waals surface area contributed by atoms with E-state index >= 15 is 0 Å². The van der Waals surface area contributed by atoms with Crippen LogP contribution < -0.4 is 5.73 Å². The molecule has 4 aliphatic rings. The molecule has 3 saturated heterocycles. The number of likely N-dealkylation sites (tertiary alicyclic amines) is 1. The fourth-order valence-corrected chi connectivity index (χ4v) is 6.27. The lowest BCUT2D eigenvalue weighted by Gasteiger charge is -2.56. The molecule has 0 unspecified atom stereocenters. The Morgan fingerprint density at radius 1 is 1.07 bits per heavy atom. The first-order valence-corrected chi connectivity index (χ1v) is 11.0. The number of hydrogen-bond acceptors (Lipinski definition) is 3. The third kappa shape index (κ3) is 3.21. The lowest BCUT2D eigenvalue weighted by molar-refractivity contribution is -0.147. The quantitative estimate of drug-likeness (QED) is 0.894. The molecular formula is C23H33N3O. The molecule has 1 saturated carbocycles. The molecule has 146 valence electrons. The van der Waals surface area contributed by atoms with Crippen molar-refractivity contribution in [2.75, 3.05) is 19.6 Å². The van der Waals surface area contributed by atoms with Crippen LogP contribution in [0.4, 0.5) is 0 Å². The molecule has 1 aliphatic carbocycles. The van der Waals surface area contributed by atoms with E-state index < -0.39 is 5.54 Å². The fourth-order valence-electron chi connectivity index (χ4n) is 6.27. The van der Waals surface area contributed by atoms with Crippen molar-refractivity contribution < 1.29 is 4.79 Å². The van der Waals surface area contributed by atoms with Gasteiger partial charge in [0.15, 0.2) is 0 Å². The Hall–Kier alpha value is -1.39. The zero-order chi connectivity index (χ0) is 18.4. The van der Waals surface area contributed by atoms with Crippen molar-refractivity contribution in [1.29, 1.82) is 0 Å². The first-order valence-electron chi connectivity index (χ1n) is 11.0. The molecule has 4 nitrogen and oxygen atoms in total. The molecular weight excluding hydrogens is 334 g/mol. The normalized spacial score (nSPS) is 35.2. The van der Waals surface area contributed by atoms with Crippen molar-refractivity contribution >= 4 is 5.91 Å². The van der Waals surface area contributed by atoms with Crippen LogP contribution in [0.5, 0.6) is 0 Å². The van der Waals surface area contributed by atoms with E-state index in [1.165, 1.54) is 44.2 Å². The summed E-state index contributed by atoms with van der Waals surface area (Å²) in [6.45, 7) is 3.03. The SMILES string of the molecule is NC1(C(=O)N2C[C@@H]3C[C@H](C2)[C@@H]2CCC[C@H](Cc4ccccc4)N2C3)CCC1. The van der Waals surface area contributed by atoms with Crippen LogP contribution in [0.25, 0.3) is 0 Å². The first-order chi connectivity index (χ1) is 13.1.